The van der Waals surface area contributed by atoms with E-state index in [1.54, 1.807) is 0 Å². The SMILES string of the molecule is Cc1cccc(CN2CCC(C(=O)Nc3ccccc3OC(C)C)CC2)c1. The van der Waals surface area contributed by atoms with Crippen LogP contribution in [0, 0.1) is 12.8 Å². The van der Waals surface area contributed by atoms with Crippen molar-refractivity contribution < 1.29 is 9.53 Å². The van der Waals surface area contributed by atoms with Crippen LogP contribution in [-0.2, 0) is 11.3 Å². The number of nitrogens with zero attached hydrogens (tertiary/aromatic N) is 1. The lowest BCUT2D eigenvalue weighted by Crippen LogP contribution is -2.37. The van der Waals surface area contributed by atoms with Crippen LogP contribution in [0.4, 0.5) is 5.69 Å². The zero-order valence-corrected chi connectivity index (χ0v) is 16.6. The van der Waals surface area contributed by atoms with Crippen molar-refractivity contribution in [3.05, 3.63) is 59.7 Å². The molecule has 0 unspecified atom stereocenters. The maximum absolute atomic E-state index is 12.7. The minimum Gasteiger partial charge on any atom is -0.489 e. The number of carbonyl (C=O) groups is 1. The standard InChI is InChI=1S/C23H30N2O2/c1-17(2)27-22-10-5-4-9-21(22)24-23(26)20-11-13-25(14-12-20)16-19-8-6-7-18(3)15-19/h4-10,15,17,20H,11-14,16H2,1-3H3,(H,24,26). The number of benzene rings is 2. The molecule has 0 bridgehead atoms. The number of carbonyl (C=O) groups excluding carboxylic acids is 1. The van der Waals surface area contributed by atoms with Crippen molar-refractivity contribution in [2.24, 2.45) is 5.92 Å². The molecular formula is C23H30N2O2. The summed E-state index contributed by atoms with van der Waals surface area (Å²) in [6.07, 6.45) is 1.86. The lowest BCUT2D eigenvalue weighted by Gasteiger charge is -2.31. The van der Waals surface area contributed by atoms with E-state index in [0.717, 1.165) is 43.9 Å². The van der Waals surface area contributed by atoms with Crippen LogP contribution in [0.1, 0.15) is 37.8 Å². The fourth-order valence-corrected chi connectivity index (χ4v) is 3.58. The van der Waals surface area contributed by atoms with E-state index >= 15 is 0 Å². The third-order valence-corrected chi connectivity index (χ3v) is 4.95. The van der Waals surface area contributed by atoms with E-state index in [4.69, 9.17) is 4.74 Å². The van der Waals surface area contributed by atoms with Gasteiger partial charge in [-0.2, -0.15) is 0 Å². The molecule has 0 spiro atoms. The molecule has 2 aromatic carbocycles. The zero-order chi connectivity index (χ0) is 19.2. The summed E-state index contributed by atoms with van der Waals surface area (Å²) in [4.78, 5) is 15.2. The summed E-state index contributed by atoms with van der Waals surface area (Å²) in [5.74, 6) is 0.897. The van der Waals surface area contributed by atoms with Crippen molar-refractivity contribution in [2.45, 2.75) is 46.3 Å². The average Bonchev–Trinajstić information content (AvgIpc) is 2.63. The highest BCUT2D eigenvalue weighted by Gasteiger charge is 2.25. The van der Waals surface area contributed by atoms with Gasteiger partial charge >= 0.3 is 0 Å². The predicted molar refractivity (Wildman–Crippen MR) is 110 cm³/mol. The van der Waals surface area contributed by atoms with Gasteiger partial charge in [0, 0.05) is 12.5 Å². The fourth-order valence-electron chi connectivity index (χ4n) is 3.58. The maximum Gasteiger partial charge on any atom is 0.227 e. The quantitative estimate of drug-likeness (QED) is 0.810. The summed E-state index contributed by atoms with van der Waals surface area (Å²) in [6.45, 7) is 8.97. The molecule has 3 rings (SSSR count). The molecule has 1 saturated heterocycles. The highest BCUT2D eigenvalue weighted by atomic mass is 16.5. The van der Waals surface area contributed by atoms with E-state index in [1.807, 2.05) is 38.1 Å². The lowest BCUT2D eigenvalue weighted by atomic mass is 9.95. The fraction of sp³-hybridized carbons (Fsp3) is 0.435. The number of amides is 1. The Kier molecular flexibility index (Phi) is 6.51. The third-order valence-electron chi connectivity index (χ3n) is 4.95. The number of aryl methyl sites for hydroxylation is 1. The first-order chi connectivity index (χ1) is 13.0. The monoisotopic (exact) mass is 366 g/mol. The summed E-state index contributed by atoms with van der Waals surface area (Å²) >= 11 is 0. The van der Waals surface area contributed by atoms with Crippen LogP contribution < -0.4 is 10.1 Å². The van der Waals surface area contributed by atoms with Gasteiger partial charge in [-0.1, -0.05) is 42.0 Å². The largest absolute Gasteiger partial charge is 0.489 e. The molecule has 1 aliphatic heterocycles. The van der Waals surface area contributed by atoms with Gasteiger partial charge in [0.15, 0.2) is 0 Å². The van der Waals surface area contributed by atoms with Crippen molar-refractivity contribution in [1.82, 2.24) is 4.90 Å². The summed E-state index contributed by atoms with van der Waals surface area (Å²) in [7, 11) is 0. The van der Waals surface area contributed by atoms with Gasteiger partial charge in [0.2, 0.25) is 5.91 Å². The van der Waals surface area contributed by atoms with Gasteiger partial charge in [-0.05, 0) is 64.4 Å². The zero-order valence-electron chi connectivity index (χ0n) is 16.6. The van der Waals surface area contributed by atoms with E-state index in [2.05, 4.69) is 41.4 Å². The minimum atomic E-state index is 0.0610. The molecule has 1 fully saturated rings. The molecule has 144 valence electrons. The lowest BCUT2D eigenvalue weighted by molar-refractivity contribution is -0.121. The first kappa shape index (κ1) is 19.4. The number of ether oxygens (including phenoxy) is 1. The second-order valence-electron chi connectivity index (χ2n) is 7.69. The normalized spacial score (nSPS) is 15.7. The van der Waals surface area contributed by atoms with E-state index in [1.165, 1.54) is 11.1 Å². The number of rotatable bonds is 6. The Morgan fingerprint density at radius 2 is 1.89 bits per heavy atom. The Morgan fingerprint density at radius 1 is 1.15 bits per heavy atom. The molecule has 1 heterocycles. The summed E-state index contributed by atoms with van der Waals surface area (Å²) in [5, 5.41) is 3.08. The van der Waals surface area contributed by atoms with Crippen LogP contribution in [0.25, 0.3) is 0 Å². The van der Waals surface area contributed by atoms with E-state index in [-0.39, 0.29) is 17.9 Å². The number of likely N-dealkylation sites (tertiary alicyclic amines) is 1. The first-order valence-corrected chi connectivity index (χ1v) is 9.85. The Balaban J connectivity index is 1.53. The Labute approximate surface area is 162 Å². The van der Waals surface area contributed by atoms with Crippen molar-refractivity contribution in [3.63, 3.8) is 0 Å². The predicted octanol–water partition coefficient (Wildman–Crippen LogP) is 4.63. The van der Waals surface area contributed by atoms with Gasteiger partial charge in [0.25, 0.3) is 0 Å². The topological polar surface area (TPSA) is 41.6 Å². The van der Waals surface area contributed by atoms with Crippen LogP contribution in [0.5, 0.6) is 5.75 Å². The van der Waals surface area contributed by atoms with Gasteiger partial charge in [-0.25, -0.2) is 0 Å². The Hall–Kier alpha value is -2.33. The summed E-state index contributed by atoms with van der Waals surface area (Å²) < 4.78 is 5.80. The third kappa shape index (κ3) is 5.57. The van der Waals surface area contributed by atoms with Crippen molar-refractivity contribution >= 4 is 11.6 Å². The molecule has 0 aromatic heterocycles. The summed E-state index contributed by atoms with van der Waals surface area (Å²) in [5.41, 5.74) is 3.40. The molecular weight excluding hydrogens is 336 g/mol. The van der Waals surface area contributed by atoms with Gasteiger partial charge in [-0.15, -0.1) is 0 Å². The van der Waals surface area contributed by atoms with Crippen LogP contribution in [0.3, 0.4) is 0 Å². The highest BCUT2D eigenvalue weighted by Crippen LogP contribution is 2.27. The number of hydrogen-bond donors (Lipinski definition) is 1. The smallest absolute Gasteiger partial charge is 0.227 e. The second kappa shape index (κ2) is 9.05. The van der Waals surface area contributed by atoms with Gasteiger partial charge in [0.05, 0.1) is 11.8 Å². The molecule has 4 nitrogen and oxygen atoms in total. The van der Waals surface area contributed by atoms with E-state index in [0.29, 0.717) is 0 Å². The van der Waals surface area contributed by atoms with Crippen LogP contribution in [-0.4, -0.2) is 30.0 Å². The van der Waals surface area contributed by atoms with Gasteiger partial charge < -0.3 is 10.1 Å². The molecule has 27 heavy (non-hydrogen) atoms. The maximum atomic E-state index is 12.7. The number of nitrogens with one attached hydrogen (secondary N) is 1. The summed E-state index contributed by atoms with van der Waals surface area (Å²) in [6, 6.07) is 16.3. The van der Waals surface area contributed by atoms with E-state index in [9.17, 15) is 4.79 Å². The Morgan fingerprint density at radius 3 is 2.59 bits per heavy atom. The highest BCUT2D eigenvalue weighted by molar-refractivity contribution is 5.94. The van der Waals surface area contributed by atoms with Crippen molar-refractivity contribution in [2.75, 3.05) is 18.4 Å². The van der Waals surface area contributed by atoms with Crippen molar-refractivity contribution in [3.8, 4) is 5.75 Å². The first-order valence-electron chi connectivity index (χ1n) is 9.85. The molecule has 4 heteroatoms. The minimum absolute atomic E-state index is 0.0610. The van der Waals surface area contributed by atoms with Crippen LogP contribution in [0.2, 0.25) is 0 Å². The molecule has 0 atom stereocenters. The van der Waals surface area contributed by atoms with Crippen LogP contribution >= 0.6 is 0 Å². The van der Waals surface area contributed by atoms with E-state index < -0.39 is 0 Å². The molecule has 0 radical (unpaired) electrons. The second-order valence-corrected chi connectivity index (χ2v) is 7.69. The molecule has 2 aromatic rings. The number of anilines is 1. The van der Waals surface area contributed by atoms with Gasteiger partial charge in [-0.3, -0.25) is 9.69 Å². The molecule has 0 saturated carbocycles. The molecule has 0 aliphatic carbocycles. The molecule has 1 N–H and O–H groups in total. The molecule has 1 amide bonds. The average molecular weight is 367 g/mol. The van der Waals surface area contributed by atoms with Crippen LogP contribution in [0.15, 0.2) is 48.5 Å². The number of para-hydroxylation sites is 2. The number of hydrogen-bond acceptors (Lipinski definition) is 3. The number of piperidine rings is 1. The molecule has 1 aliphatic rings. The Bertz CT molecular complexity index is 764. The van der Waals surface area contributed by atoms with Crippen molar-refractivity contribution in [1.29, 1.82) is 0 Å². The van der Waals surface area contributed by atoms with Gasteiger partial charge in [0.1, 0.15) is 5.75 Å².